The van der Waals surface area contributed by atoms with Crippen LogP contribution in [0.25, 0.3) is 0 Å². The lowest BCUT2D eigenvalue weighted by Gasteiger charge is -2.36. The first-order chi connectivity index (χ1) is 16.2. The van der Waals surface area contributed by atoms with Crippen LogP contribution < -0.4 is 9.46 Å². The molecule has 2 aliphatic heterocycles. The number of hydrogen-bond donors (Lipinski definition) is 2. The predicted molar refractivity (Wildman–Crippen MR) is 130 cm³/mol. The van der Waals surface area contributed by atoms with Crippen LogP contribution in [0.3, 0.4) is 0 Å². The van der Waals surface area contributed by atoms with Gasteiger partial charge in [-0.05, 0) is 36.1 Å². The fourth-order valence-electron chi connectivity index (χ4n) is 4.77. The number of hydrogen-bond acceptors (Lipinski definition) is 6. The SMILES string of the molecule is CN(C(=O)[C@@H]1CCOc2ccc(CNS(C)(=O)=O)cc21)[C@H](CN1CC[C@H](O)C1)c1ccccc1. The molecule has 2 aliphatic rings. The maximum atomic E-state index is 13.8. The van der Waals surface area contributed by atoms with Crippen molar-refractivity contribution in [2.75, 3.05) is 39.5 Å². The zero-order valence-corrected chi connectivity index (χ0v) is 20.5. The third kappa shape index (κ3) is 5.96. The molecular formula is C25H33N3O5S. The first kappa shape index (κ1) is 24.7. The Morgan fingerprint density at radius 1 is 1.24 bits per heavy atom. The number of carbonyl (C=O) groups excluding carboxylic acids is 1. The standard InChI is InChI=1S/C25H33N3O5S/c1-27(23(19-6-4-3-5-7-19)17-28-12-10-20(29)16-28)25(30)21-11-13-33-24-9-8-18(14-22(21)24)15-26-34(2,31)32/h3-9,14,20-21,23,26,29H,10-13,15-17H2,1-2H3/t20-,21+,23+/m0/s1. The van der Waals surface area contributed by atoms with E-state index in [4.69, 9.17) is 4.74 Å². The second-order valence-electron chi connectivity index (χ2n) is 9.23. The number of sulfonamides is 1. The molecule has 184 valence electrons. The second-order valence-corrected chi connectivity index (χ2v) is 11.1. The molecule has 1 fully saturated rings. The molecule has 0 aromatic heterocycles. The van der Waals surface area contributed by atoms with Crippen molar-refractivity contribution < 1.29 is 23.1 Å². The van der Waals surface area contributed by atoms with E-state index in [1.807, 2.05) is 60.5 Å². The van der Waals surface area contributed by atoms with E-state index in [-0.39, 0.29) is 30.5 Å². The van der Waals surface area contributed by atoms with E-state index in [0.29, 0.717) is 31.9 Å². The summed E-state index contributed by atoms with van der Waals surface area (Å²) in [6.45, 7) is 2.68. The molecule has 1 saturated heterocycles. The molecule has 3 atom stereocenters. The highest BCUT2D eigenvalue weighted by molar-refractivity contribution is 7.88. The van der Waals surface area contributed by atoms with Crippen LogP contribution in [0.2, 0.25) is 0 Å². The average Bonchev–Trinajstić information content (AvgIpc) is 3.24. The van der Waals surface area contributed by atoms with Crippen molar-refractivity contribution in [3.63, 3.8) is 0 Å². The minimum Gasteiger partial charge on any atom is -0.493 e. The van der Waals surface area contributed by atoms with Crippen molar-refractivity contribution in [3.05, 3.63) is 65.2 Å². The van der Waals surface area contributed by atoms with E-state index < -0.39 is 10.0 Å². The number of β-amino-alcohol motifs (C(OH)–C–C–N with tert-alkyl or cyclic N) is 1. The Balaban J connectivity index is 1.58. The summed E-state index contributed by atoms with van der Waals surface area (Å²) in [7, 11) is -1.48. The summed E-state index contributed by atoms with van der Waals surface area (Å²) in [5.41, 5.74) is 2.62. The highest BCUT2D eigenvalue weighted by Gasteiger charge is 2.34. The zero-order valence-electron chi connectivity index (χ0n) is 19.7. The van der Waals surface area contributed by atoms with Crippen molar-refractivity contribution in [2.45, 2.75) is 37.5 Å². The quantitative estimate of drug-likeness (QED) is 0.590. The Morgan fingerprint density at radius 2 is 2.00 bits per heavy atom. The molecule has 0 aliphatic carbocycles. The summed E-state index contributed by atoms with van der Waals surface area (Å²) >= 11 is 0. The minimum atomic E-state index is -3.32. The van der Waals surface area contributed by atoms with Gasteiger partial charge in [0.1, 0.15) is 5.75 Å². The van der Waals surface area contributed by atoms with Gasteiger partial charge in [-0.1, -0.05) is 36.4 Å². The van der Waals surface area contributed by atoms with Gasteiger partial charge in [-0.15, -0.1) is 0 Å². The summed E-state index contributed by atoms with van der Waals surface area (Å²) < 4.78 is 31.3. The number of carbonyl (C=O) groups is 1. The number of fused-ring (bicyclic) bond motifs is 1. The van der Waals surface area contributed by atoms with Gasteiger partial charge < -0.3 is 14.7 Å². The van der Waals surface area contributed by atoms with Crippen LogP contribution in [-0.2, 0) is 21.4 Å². The lowest BCUT2D eigenvalue weighted by atomic mass is 9.89. The van der Waals surface area contributed by atoms with Gasteiger partial charge in [0.15, 0.2) is 0 Å². The van der Waals surface area contributed by atoms with Gasteiger partial charge in [-0.3, -0.25) is 9.69 Å². The molecule has 0 spiro atoms. The average molecular weight is 488 g/mol. The zero-order chi connectivity index (χ0) is 24.3. The molecule has 2 aromatic rings. The van der Waals surface area contributed by atoms with Crippen molar-refractivity contribution >= 4 is 15.9 Å². The summed E-state index contributed by atoms with van der Waals surface area (Å²) in [6, 6.07) is 15.3. The third-order valence-electron chi connectivity index (χ3n) is 6.63. The number of ether oxygens (including phenoxy) is 1. The van der Waals surface area contributed by atoms with Crippen LogP contribution in [0, 0.1) is 0 Å². The van der Waals surface area contributed by atoms with Crippen LogP contribution in [0.5, 0.6) is 5.75 Å². The van der Waals surface area contributed by atoms with Crippen molar-refractivity contribution in [1.82, 2.24) is 14.5 Å². The number of likely N-dealkylation sites (tertiary alicyclic amines) is 1. The lowest BCUT2D eigenvalue weighted by Crippen LogP contribution is -2.41. The number of likely N-dealkylation sites (N-methyl/N-ethyl adjacent to an activating group) is 1. The van der Waals surface area contributed by atoms with Crippen LogP contribution in [0.15, 0.2) is 48.5 Å². The smallest absolute Gasteiger partial charge is 0.230 e. The van der Waals surface area contributed by atoms with Crippen LogP contribution in [0.1, 0.15) is 41.5 Å². The number of benzene rings is 2. The highest BCUT2D eigenvalue weighted by atomic mass is 32.2. The Kier molecular flexibility index (Phi) is 7.57. The minimum absolute atomic E-state index is 0.00590. The second kappa shape index (κ2) is 10.4. The number of amides is 1. The van der Waals surface area contributed by atoms with Gasteiger partial charge in [0.25, 0.3) is 0 Å². The molecule has 2 N–H and O–H groups in total. The first-order valence-electron chi connectivity index (χ1n) is 11.6. The van der Waals surface area contributed by atoms with E-state index in [1.54, 1.807) is 0 Å². The Bertz CT molecular complexity index is 1110. The van der Waals surface area contributed by atoms with Crippen LogP contribution in [0.4, 0.5) is 0 Å². The highest BCUT2D eigenvalue weighted by Crippen LogP contribution is 2.37. The lowest BCUT2D eigenvalue weighted by molar-refractivity contribution is -0.134. The number of aliphatic hydroxyl groups excluding tert-OH is 1. The molecule has 8 nitrogen and oxygen atoms in total. The third-order valence-corrected chi connectivity index (χ3v) is 7.30. The van der Waals surface area contributed by atoms with Crippen LogP contribution >= 0.6 is 0 Å². The van der Waals surface area contributed by atoms with E-state index in [1.165, 1.54) is 0 Å². The predicted octanol–water partition coefficient (Wildman–Crippen LogP) is 1.87. The van der Waals surface area contributed by atoms with E-state index >= 15 is 0 Å². The van der Waals surface area contributed by atoms with E-state index in [2.05, 4.69) is 9.62 Å². The molecule has 0 saturated carbocycles. The fraction of sp³-hybridized carbons (Fsp3) is 0.480. The maximum absolute atomic E-state index is 13.8. The summed E-state index contributed by atoms with van der Waals surface area (Å²) in [6.07, 6.45) is 2.11. The summed E-state index contributed by atoms with van der Waals surface area (Å²) in [5, 5.41) is 9.99. The Labute approximate surface area is 201 Å². The first-order valence-corrected chi connectivity index (χ1v) is 13.5. The monoisotopic (exact) mass is 487 g/mol. The van der Waals surface area contributed by atoms with Crippen molar-refractivity contribution in [1.29, 1.82) is 0 Å². The summed E-state index contributed by atoms with van der Waals surface area (Å²) in [4.78, 5) is 17.9. The molecule has 2 heterocycles. The van der Waals surface area contributed by atoms with E-state index in [0.717, 1.165) is 35.9 Å². The number of nitrogens with zero attached hydrogens (tertiary/aromatic N) is 2. The normalized spacial score (nSPS) is 21.5. The topological polar surface area (TPSA) is 99.2 Å². The Morgan fingerprint density at radius 3 is 2.68 bits per heavy atom. The molecule has 0 radical (unpaired) electrons. The van der Waals surface area contributed by atoms with E-state index in [9.17, 15) is 18.3 Å². The molecule has 2 aromatic carbocycles. The molecule has 9 heteroatoms. The summed E-state index contributed by atoms with van der Waals surface area (Å²) in [5.74, 6) is 0.300. The number of aliphatic hydroxyl groups is 1. The number of rotatable bonds is 8. The van der Waals surface area contributed by atoms with Crippen molar-refractivity contribution in [2.24, 2.45) is 0 Å². The Hall–Kier alpha value is -2.46. The molecule has 0 bridgehead atoms. The van der Waals surface area contributed by atoms with Gasteiger partial charge in [0.05, 0.1) is 30.9 Å². The molecule has 0 unspecified atom stereocenters. The van der Waals surface area contributed by atoms with Gasteiger partial charge >= 0.3 is 0 Å². The number of nitrogens with one attached hydrogen (secondary N) is 1. The van der Waals surface area contributed by atoms with Crippen LogP contribution in [-0.4, -0.2) is 74.9 Å². The molecule has 34 heavy (non-hydrogen) atoms. The van der Waals surface area contributed by atoms with Gasteiger partial charge in [0.2, 0.25) is 15.9 Å². The van der Waals surface area contributed by atoms with Crippen molar-refractivity contribution in [3.8, 4) is 5.75 Å². The fourth-order valence-corrected chi connectivity index (χ4v) is 5.20. The van der Waals surface area contributed by atoms with Gasteiger partial charge in [-0.2, -0.15) is 0 Å². The molecule has 1 amide bonds. The largest absolute Gasteiger partial charge is 0.493 e. The van der Waals surface area contributed by atoms with Gasteiger partial charge in [-0.25, -0.2) is 13.1 Å². The molecule has 4 rings (SSSR count). The maximum Gasteiger partial charge on any atom is 0.230 e. The van der Waals surface area contributed by atoms with Gasteiger partial charge in [0, 0.05) is 38.8 Å². The molecular weight excluding hydrogens is 454 g/mol.